The molecule has 0 aliphatic heterocycles. The molecule has 34 heavy (non-hydrogen) atoms. The molecule has 0 spiro atoms. The van der Waals surface area contributed by atoms with Crippen molar-refractivity contribution in [3.05, 3.63) is 0 Å². The topological polar surface area (TPSA) is 87.1 Å². The minimum atomic E-state index is -0.0620. The maximum atomic E-state index is 12.0. The molecule has 0 saturated carbocycles. The molecule has 0 fully saturated rings. The van der Waals surface area contributed by atoms with Crippen molar-refractivity contribution in [2.24, 2.45) is 0 Å². The van der Waals surface area contributed by atoms with Crippen LogP contribution in [0.15, 0.2) is 0 Å². The number of hydrogen-bond donors (Lipinski definition) is 2. The first-order valence-electron chi connectivity index (χ1n) is 14.3. The highest BCUT2D eigenvalue weighted by Gasteiger charge is 2.11. The summed E-state index contributed by atoms with van der Waals surface area (Å²) in [7, 11) is 0. The van der Waals surface area contributed by atoms with Gasteiger partial charge in [-0.3, -0.25) is 9.59 Å². The van der Waals surface area contributed by atoms with Crippen LogP contribution in [0.2, 0.25) is 0 Å². The van der Waals surface area contributed by atoms with Crippen molar-refractivity contribution in [3.63, 3.8) is 0 Å². The highest BCUT2D eigenvalue weighted by atomic mass is 16.5. The Bertz CT molecular complexity index is 452. The van der Waals surface area contributed by atoms with E-state index >= 15 is 0 Å². The summed E-state index contributed by atoms with van der Waals surface area (Å²) in [6, 6.07) is 0. The van der Waals surface area contributed by atoms with Crippen LogP contribution < -0.4 is 0 Å². The van der Waals surface area contributed by atoms with Gasteiger partial charge in [-0.15, -0.1) is 0 Å². The molecule has 1 amide bonds. The maximum Gasteiger partial charge on any atom is 0.305 e. The molecule has 0 radical (unpaired) electrons. The number of unbranched alkanes of at least 4 members (excludes halogenated alkanes) is 16. The van der Waals surface area contributed by atoms with Crippen LogP contribution in [0.3, 0.4) is 0 Å². The maximum absolute atomic E-state index is 12.0. The summed E-state index contributed by atoms with van der Waals surface area (Å²) in [4.78, 5) is 25.3. The number of ether oxygens (including phenoxy) is 1. The highest BCUT2D eigenvalue weighted by Crippen LogP contribution is 2.13. The molecule has 0 saturated heterocycles. The number of esters is 1. The predicted molar refractivity (Wildman–Crippen MR) is 140 cm³/mol. The molecular formula is C28H55NO5. The van der Waals surface area contributed by atoms with Gasteiger partial charge in [0, 0.05) is 25.9 Å². The Morgan fingerprint density at radius 2 is 1.00 bits per heavy atom. The Morgan fingerprint density at radius 3 is 1.47 bits per heavy atom. The summed E-state index contributed by atoms with van der Waals surface area (Å²) in [5.74, 6) is -0.00534. The van der Waals surface area contributed by atoms with Crippen LogP contribution in [-0.2, 0) is 14.3 Å². The van der Waals surface area contributed by atoms with Gasteiger partial charge in [0.15, 0.2) is 0 Å². The zero-order chi connectivity index (χ0) is 25.1. The number of aliphatic hydroxyl groups is 2. The molecular weight excluding hydrogens is 430 g/mol. The van der Waals surface area contributed by atoms with E-state index in [1.807, 2.05) is 0 Å². The van der Waals surface area contributed by atoms with Crippen LogP contribution in [0.4, 0.5) is 0 Å². The first-order chi connectivity index (χ1) is 16.7. The van der Waals surface area contributed by atoms with Crippen molar-refractivity contribution in [1.29, 1.82) is 0 Å². The van der Waals surface area contributed by atoms with E-state index in [4.69, 9.17) is 14.9 Å². The van der Waals surface area contributed by atoms with Crippen molar-refractivity contribution >= 4 is 11.9 Å². The fraction of sp³-hybridized carbons (Fsp3) is 0.929. The van der Waals surface area contributed by atoms with E-state index in [1.165, 1.54) is 75.5 Å². The number of nitrogens with zero attached hydrogens (tertiary/aromatic N) is 1. The van der Waals surface area contributed by atoms with Crippen molar-refractivity contribution in [2.75, 3.05) is 32.9 Å². The Kier molecular flexibility index (Phi) is 25.6. The largest absolute Gasteiger partial charge is 0.466 e. The van der Waals surface area contributed by atoms with Gasteiger partial charge in [-0.25, -0.2) is 0 Å². The van der Waals surface area contributed by atoms with Gasteiger partial charge in [0.2, 0.25) is 5.91 Å². The third kappa shape index (κ3) is 22.6. The molecule has 2 N–H and O–H groups in total. The number of hydrogen-bond acceptors (Lipinski definition) is 5. The summed E-state index contributed by atoms with van der Waals surface area (Å²) in [6.45, 7) is 3.29. The molecule has 6 heteroatoms. The molecule has 202 valence electrons. The van der Waals surface area contributed by atoms with E-state index in [9.17, 15) is 9.59 Å². The number of carbonyl (C=O) groups excluding carboxylic acids is 2. The van der Waals surface area contributed by atoms with E-state index in [0.717, 1.165) is 44.9 Å². The molecule has 0 aliphatic rings. The van der Waals surface area contributed by atoms with Gasteiger partial charge in [0.05, 0.1) is 19.8 Å². The molecule has 6 nitrogen and oxygen atoms in total. The molecule has 0 aromatic heterocycles. The van der Waals surface area contributed by atoms with Crippen molar-refractivity contribution in [3.8, 4) is 0 Å². The second kappa shape index (κ2) is 26.5. The van der Waals surface area contributed by atoms with Crippen molar-refractivity contribution in [1.82, 2.24) is 4.90 Å². The van der Waals surface area contributed by atoms with Crippen LogP contribution in [-0.4, -0.2) is 59.9 Å². The first-order valence-corrected chi connectivity index (χ1v) is 14.3. The number of aliphatic hydroxyl groups excluding tert-OH is 2. The monoisotopic (exact) mass is 485 g/mol. The molecule has 0 atom stereocenters. The van der Waals surface area contributed by atoms with E-state index in [1.54, 1.807) is 0 Å². The average Bonchev–Trinajstić information content (AvgIpc) is 2.83. The van der Waals surface area contributed by atoms with E-state index in [2.05, 4.69) is 6.92 Å². The SMILES string of the molecule is CCCCCCCCCCCC(=O)OCCCCCCCCCCCC(=O)N(CCO)CCO. The highest BCUT2D eigenvalue weighted by molar-refractivity contribution is 5.76. The van der Waals surface area contributed by atoms with Gasteiger partial charge in [-0.2, -0.15) is 0 Å². The average molecular weight is 486 g/mol. The smallest absolute Gasteiger partial charge is 0.305 e. The van der Waals surface area contributed by atoms with Crippen molar-refractivity contribution in [2.45, 2.75) is 135 Å². The fourth-order valence-electron chi connectivity index (χ4n) is 4.21. The lowest BCUT2D eigenvalue weighted by Crippen LogP contribution is -2.35. The van der Waals surface area contributed by atoms with Gasteiger partial charge >= 0.3 is 5.97 Å². The normalized spacial score (nSPS) is 11.0. The summed E-state index contributed by atoms with van der Waals surface area (Å²) in [5.41, 5.74) is 0. The third-order valence-corrected chi connectivity index (χ3v) is 6.38. The molecule has 0 aromatic carbocycles. The van der Waals surface area contributed by atoms with E-state index in [0.29, 0.717) is 32.5 Å². The third-order valence-electron chi connectivity index (χ3n) is 6.38. The Labute approximate surface area is 209 Å². The fourth-order valence-corrected chi connectivity index (χ4v) is 4.21. The lowest BCUT2D eigenvalue weighted by atomic mass is 10.1. The van der Waals surface area contributed by atoms with E-state index in [-0.39, 0.29) is 25.1 Å². The minimum Gasteiger partial charge on any atom is -0.466 e. The van der Waals surface area contributed by atoms with Crippen LogP contribution in [0.5, 0.6) is 0 Å². The lowest BCUT2D eigenvalue weighted by molar-refractivity contribution is -0.144. The summed E-state index contributed by atoms with van der Waals surface area (Å²) >= 11 is 0. The summed E-state index contributed by atoms with van der Waals surface area (Å²) in [5, 5.41) is 18.0. The van der Waals surface area contributed by atoms with Crippen LogP contribution in [0, 0.1) is 0 Å². The second-order valence-corrected chi connectivity index (χ2v) is 9.56. The predicted octanol–water partition coefficient (Wildman–Crippen LogP) is 6.16. The Hall–Kier alpha value is -1.14. The molecule has 0 heterocycles. The first kappa shape index (κ1) is 32.9. The summed E-state index contributed by atoms with van der Waals surface area (Å²) < 4.78 is 5.35. The van der Waals surface area contributed by atoms with Gasteiger partial charge < -0.3 is 19.8 Å². The van der Waals surface area contributed by atoms with Crippen LogP contribution in [0.25, 0.3) is 0 Å². The molecule has 0 bridgehead atoms. The van der Waals surface area contributed by atoms with Crippen LogP contribution in [0.1, 0.15) is 135 Å². The Balaban J connectivity index is 3.34. The number of amides is 1. The zero-order valence-electron chi connectivity index (χ0n) is 22.2. The van der Waals surface area contributed by atoms with Gasteiger partial charge in [-0.05, 0) is 19.3 Å². The molecule has 0 rings (SSSR count). The quantitative estimate of drug-likeness (QED) is 0.113. The molecule has 0 aliphatic carbocycles. The molecule has 0 aromatic rings. The van der Waals surface area contributed by atoms with E-state index < -0.39 is 0 Å². The standard InChI is InChI=1S/C28H55NO5/c1-2-3-4-5-6-8-12-15-18-21-28(33)34-26-19-16-13-10-7-9-11-14-17-20-27(32)29(22-24-30)23-25-31/h30-31H,2-26H2,1H3. The van der Waals surface area contributed by atoms with Gasteiger partial charge in [-0.1, -0.05) is 103 Å². The minimum absolute atomic E-state index is 0.0250. The lowest BCUT2D eigenvalue weighted by Gasteiger charge is -2.20. The zero-order valence-corrected chi connectivity index (χ0v) is 22.2. The summed E-state index contributed by atoms with van der Waals surface area (Å²) in [6.07, 6.45) is 22.4. The second-order valence-electron chi connectivity index (χ2n) is 9.56. The number of rotatable bonds is 26. The number of carbonyl (C=O) groups is 2. The van der Waals surface area contributed by atoms with Crippen LogP contribution >= 0.6 is 0 Å². The van der Waals surface area contributed by atoms with Gasteiger partial charge in [0.25, 0.3) is 0 Å². The molecule has 0 unspecified atom stereocenters. The van der Waals surface area contributed by atoms with Crippen molar-refractivity contribution < 1.29 is 24.5 Å². The van der Waals surface area contributed by atoms with Gasteiger partial charge in [0.1, 0.15) is 0 Å². The Morgan fingerprint density at radius 1 is 0.588 bits per heavy atom.